The summed E-state index contributed by atoms with van der Waals surface area (Å²) >= 11 is 0. The van der Waals surface area contributed by atoms with Crippen LogP contribution in [-0.2, 0) is 11.3 Å². The molecule has 0 aliphatic carbocycles. The van der Waals surface area contributed by atoms with Crippen molar-refractivity contribution in [2.24, 2.45) is 16.6 Å². The Kier molecular flexibility index (Phi) is 7.61. The Balaban J connectivity index is 2.52. The number of nitrogens with two attached hydrogens (primary N) is 1. The Labute approximate surface area is 127 Å². The van der Waals surface area contributed by atoms with Gasteiger partial charge in [0.1, 0.15) is 5.75 Å². The number of nitrogens with one attached hydrogen (secondary N) is 1. The van der Waals surface area contributed by atoms with Gasteiger partial charge in [0, 0.05) is 13.2 Å². The zero-order valence-electron chi connectivity index (χ0n) is 13.4. The predicted molar refractivity (Wildman–Crippen MR) is 86.6 cm³/mol. The van der Waals surface area contributed by atoms with Gasteiger partial charge in [0.05, 0.1) is 19.8 Å². The third-order valence-electron chi connectivity index (χ3n) is 2.72. The molecule has 0 bridgehead atoms. The van der Waals surface area contributed by atoms with Gasteiger partial charge in [0.15, 0.2) is 5.96 Å². The lowest BCUT2D eigenvalue weighted by Crippen LogP contribution is -2.40. The van der Waals surface area contributed by atoms with E-state index in [-0.39, 0.29) is 6.04 Å². The molecule has 5 heteroatoms. The quantitative estimate of drug-likeness (QED) is 0.569. The van der Waals surface area contributed by atoms with E-state index in [0.29, 0.717) is 31.6 Å². The molecule has 0 aromatic heterocycles. The first-order valence-corrected chi connectivity index (χ1v) is 7.28. The highest BCUT2D eigenvalue weighted by atomic mass is 16.5. The summed E-state index contributed by atoms with van der Waals surface area (Å²) in [4.78, 5) is 4.33. The van der Waals surface area contributed by atoms with E-state index in [9.17, 15) is 0 Å². The number of hydrogen-bond acceptors (Lipinski definition) is 3. The molecule has 21 heavy (non-hydrogen) atoms. The van der Waals surface area contributed by atoms with Crippen LogP contribution in [0.25, 0.3) is 0 Å². The highest BCUT2D eigenvalue weighted by molar-refractivity contribution is 5.78. The fourth-order valence-corrected chi connectivity index (χ4v) is 1.76. The molecule has 0 spiro atoms. The summed E-state index contributed by atoms with van der Waals surface area (Å²) < 4.78 is 10.7. The Morgan fingerprint density at radius 2 is 2.05 bits per heavy atom. The van der Waals surface area contributed by atoms with Gasteiger partial charge < -0.3 is 20.5 Å². The monoisotopic (exact) mass is 293 g/mol. The molecule has 0 radical (unpaired) electrons. The van der Waals surface area contributed by atoms with E-state index in [1.807, 2.05) is 31.2 Å². The van der Waals surface area contributed by atoms with Gasteiger partial charge in [-0.2, -0.15) is 0 Å². The average molecular weight is 293 g/mol. The number of rotatable bonds is 8. The second-order valence-electron chi connectivity index (χ2n) is 5.55. The molecular weight excluding hydrogens is 266 g/mol. The lowest BCUT2D eigenvalue weighted by atomic mass is 10.2. The van der Waals surface area contributed by atoms with Gasteiger partial charge in [-0.1, -0.05) is 26.0 Å². The van der Waals surface area contributed by atoms with Crippen molar-refractivity contribution < 1.29 is 9.47 Å². The van der Waals surface area contributed by atoms with Crippen LogP contribution in [0.4, 0.5) is 0 Å². The van der Waals surface area contributed by atoms with Crippen LogP contribution >= 0.6 is 0 Å². The minimum atomic E-state index is 0.138. The van der Waals surface area contributed by atoms with Crippen LogP contribution in [0, 0.1) is 5.92 Å². The van der Waals surface area contributed by atoms with Gasteiger partial charge in [-0.15, -0.1) is 0 Å². The normalized spacial score (nSPS) is 13.3. The first-order valence-electron chi connectivity index (χ1n) is 7.28. The maximum Gasteiger partial charge on any atom is 0.189 e. The van der Waals surface area contributed by atoms with Crippen molar-refractivity contribution in [3.63, 3.8) is 0 Å². The van der Waals surface area contributed by atoms with Crippen LogP contribution in [0.2, 0.25) is 0 Å². The molecule has 0 saturated carbocycles. The summed E-state index contributed by atoms with van der Waals surface area (Å²) in [6, 6.07) is 8.07. The Hall–Kier alpha value is -1.75. The molecule has 0 fully saturated rings. The molecule has 5 nitrogen and oxygen atoms in total. The molecule has 118 valence electrons. The second kappa shape index (κ2) is 9.23. The predicted octanol–water partition coefficient (Wildman–Crippen LogP) is 2.16. The SMILES string of the molecule is COCC(C)NC(N)=NCc1cccc(OCC(C)C)c1. The highest BCUT2D eigenvalue weighted by Crippen LogP contribution is 2.15. The number of hydrogen-bond donors (Lipinski definition) is 2. The summed E-state index contributed by atoms with van der Waals surface area (Å²) in [6.45, 7) is 8.08. The fourth-order valence-electron chi connectivity index (χ4n) is 1.76. The van der Waals surface area contributed by atoms with E-state index >= 15 is 0 Å². The van der Waals surface area contributed by atoms with Gasteiger partial charge in [0.25, 0.3) is 0 Å². The maximum atomic E-state index is 5.84. The average Bonchev–Trinajstić information content (AvgIpc) is 2.43. The van der Waals surface area contributed by atoms with Crippen molar-refractivity contribution >= 4 is 5.96 Å². The third-order valence-corrected chi connectivity index (χ3v) is 2.72. The molecule has 1 aromatic rings. The van der Waals surface area contributed by atoms with Crippen LogP contribution in [0.1, 0.15) is 26.3 Å². The van der Waals surface area contributed by atoms with E-state index < -0.39 is 0 Å². The number of benzene rings is 1. The molecule has 1 unspecified atom stereocenters. The standard InChI is InChI=1S/C16H27N3O2/c1-12(2)10-21-15-7-5-6-14(8-15)9-18-16(17)19-13(3)11-20-4/h5-8,12-13H,9-11H2,1-4H3,(H3,17,18,19). The van der Waals surface area contributed by atoms with Crippen LogP contribution < -0.4 is 15.8 Å². The fraction of sp³-hybridized carbons (Fsp3) is 0.562. The van der Waals surface area contributed by atoms with Gasteiger partial charge in [-0.05, 0) is 30.5 Å². The number of methoxy groups -OCH3 is 1. The summed E-state index contributed by atoms with van der Waals surface area (Å²) in [5.41, 5.74) is 6.91. The number of nitrogens with zero attached hydrogens (tertiary/aromatic N) is 1. The molecular formula is C16H27N3O2. The topological polar surface area (TPSA) is 68.9 Å². The molecule has 0 amide bonds. The van der Waals surface area contributed by atoms with Crippen molar-refractivity contribution in [1.82, 2.24) is 5.32 Å². The first-order chi connectivity index (χ1) is 10.0. The molecule has 0 saturated heterocycles. The van der Waals surface area contributed by atoms with E-state index in [2.05, 4.69) is 24.2 Å². The van der Waals surface area contributed by atoms with Gasteiger partial charge >= 0.3 is 0 Å². The van der Waals surface area contributed by atoms with Crippen LogP contribution in [0.3, 0.4) is 0 Å². The molecule has 0 aliphatic rings. The van der Waals surface area contributed by atoms with Crippen LogP contribution in [0.5, 0.6) is 5.75 Å². The van der Waals surface area contributed by atoms with Crippen molar-refractivity contribution in [2.45, 2.75) is 33.4 Å². The van der Waals surface area contributed by atoms with Crippen molar-refractivity contribution in [2.75, 3.05) is 20.3 Å². The zero-order valence-corrected chi connectivity index (χ0v) is 13.4. The molecule has 1 aromatic carbocycles. The number of ether oxygens (including phenoxy) is 2. The third kappa shape index (κ3) is 7.56. The number of aliphatic imine (C=N–C) groups is 1. The smallest absolute Gasteiger partial charge is 0.189 e. The molecule has 0 heterocycles. The second-order valence-corrected chi connectivity index (χ2v) is 5.55. The van der Waals surface area contributed by atoms with E-state index in [0.717, 1.165) is 11.3 Å². The van der Waals surface area contributed by atoms with Crippen LogP contribution in [-0.4, -0.2) is 32.3 Å². The Morgan fingerprint density at radius 3 is 2.71 bits per heavy atom. The largest absolute Gasteiger partial charge is 0.493 e. The van der Waals surface area contributed by atoms with E-state index in [1.165, 1.54) is 0 Å². The summed E-state index contributed by atoms with van der Waals surface area (Å²) in [5.74, 6) is 1.80. The summed E-state index contributed by atoms with van der Waals surface area (Å²) in [5, 5.41) is 3.08. The molecule has 1 atom stereocenters. The van der Waals surface area contributed by atoms with Gasteiger partial charge in [-0.25, -0.2) is 4.99 Å². The zero-order chi connectivity index (χ0) is 15.7. The van der Waals surface area contributed by atoms with E-state index in [1.54, 1.807) is 7.11 Å². The van der Waals surface area contributed by atoms with Gasteiger partial charge in [-0.3, -0.25) is 0 Å². The number of guanidine groups is 1. The molecule has 3 N–H and O–H groups in total. The van der Waals surface area contributed by atoms with Crippen molar-refractivity contribution in [3.8, 4) is 5.75 Å². The lowest BCUT2D eigenvalue weighted by Gasteiger charge is -2.13. The van der Waals surface area contributed by atoms with Gasteiger partial charge in [0.2, 0.25) is 0 Å². The minimum absolute atomic E-state index is 0.138. The maximum absolute atomic E-state index is 5.84. The van der Waals surface area contributed by atoms with Crippen LogP contribution in [0.15, 0.2) is 29.3 Å². The van der Waals surface area contributed by atoms with Crippen molar-refractivity contribution in [1.29, 1.82) is 0 Å². The minimum Gasteiger partial charge on any atom is -0.493 e. The molecule has 0 aliphatic heterocycles. The summed E-state index contributed by atoms with van der Waals surface area (Å²) in [7, 11) is 1.66. The van der Waals surface area contributed by atoms with E-state index in [4.69, 9.17) is 15.2 Å². The lowest BCUT2D eigenvalue weighted by molar-refractivity contribution is 0.179. The molecule has 1 rings (SSSR count). The first kappa shape index (κ1) is 17.3. The Bertz CT molecular complexity index is 447. The summed E-state index contributed by atoms with van der Waals surface area (Å²) in [6.07, 6.45) is 0. The highest BCUT2D eigenvalue weighted by Gasteiger charge is 2.02. The van der Waals surface area contributed by atoms with Crippen molar-refractivity contribution in [3.05, 3.63) is 29.8 Å². The Morgan fingerprint density at radius 1 is 1.29 bits per heavy atom.